The minimum absolute atomic E-state index is 0.243. The van der Waals surface area contributed by atoms with Gasteiger partial charge in [0.15, 0.2) is 0 Å². The van der Waals surface area contributed by atoms with Crippen molar-refractivity contribution in [2.24, 2.45) is 0 Å². The van der Waals surface area contributed by atoms with Gasteiger partial charge in [0.25, 0.3) is 0 Å². The van der Waals surface area contributed by atoms with Crippen LogP contribution < -0.4 is 0 Å². The first-order valence-corrected chi connectivity index (χ1v) is 5.65. The summed E-state index contributed by atoms with van der Waals surface area (Å²) >= 11 is 0. The highest BCUT2D eigenvalue weighted by molar-refractivity contribution is 5.73. The minimum Gasteiger partial charge on any atom is -0.480 e. The van der Waals surface area contributed by atoms with E-state index in [2.05, 4.69) is 18.7 Å². The lowest BCUT2D eigenvalue weighted by Gasteiger charge is -2.28. The molecular weight excluding hydrogens is 178 g/mol. The van der Waals surface area contributed by atoms with Gasteiger partial charge < -0.3 is 5.11 Å². The highest BCUT2D eigenvalue weighted by Gasteiger charge is 2.31. The van der Waals surface area contributed by atoms with Gasteiger partial charge in [-0.3, -0.25) is 9.69 Å². The number of nitrogens with zero attached hydrogens (tertiary/aromatic N) is 1. The fourth-order valence-electron chi connectivity index (χ4n) is 2.25. The Balaban J connectivity index is 2.52. The SMILES string of the molecule is CCCCC(C(=O)O)N1CCCC1C. The Morgan fingerprint density at radius 1 is 1.64 bits per heavy atom. The molecule has 0 aromatic heterocycles. The summed E-state index contributed by atoms with van der Waals surface area (Å²) in [4.78, 5) is 13.2. The zero-order valence-corrected chi connectivity index (χ0v) is 9.20. The molecule has 0 spiro atoms. The third-order valence-corrected chi connectivity index (χ3v) is 3.12. The van der Waals surface area contributed by atoms with Crippen molar-refractivity contribution in [3.8, 4) is 0 Å². The number of hydrogen-bond acceptors (Lipinski definition) is 2. The molecule has 1 aliphatic heterocycles. The van der Waals surface area contributed by atoms with Crippen molar-refractivity contribution in [2.45, 2.75) is 58.0 Å². The van der Waals surface area contributed by atoms with E-state index in [-0.39, 0.29) is 6.04 Å². The van der Waals surface area contributed by atoms with E-state index in [1.165, 1.54) is 0 Å². The van der Waals surface area contributed by atoms with Gasteiger partial charge in [0, 0.05) is 6.04 Å². The second-order valence-corrected chi connectivity index (χ2v) is 4.23. The molecule has 0 amide bonds. The van der Waals surface area contributed by atoms with Crippen LogP contribution in [0.5, 0.6) is 0 Å². The molecule has 2 atom stereocenters. The van der Waals surface area contributed by atoms with Crippen molar-refractivity contribution in [2.75, 3.05) is 6.54 Å². The summed E-state index contributed by atoms with van der Waals surface area (Å²) < 4.78 is 0. The molecule has 1 N–H and O–H groups in total. The number of carboxylic acids is 1. The van der Waals surface area contributed by atoms with Crippen LogP contribution >= 0.6 is 0 Å². The molecule has 1 saturated heterocycles. The number of hydrogen-bond donors (Lipinski definition) is 1. The van der Waals surface area contributed by atoms with Gasteiger partial charge in [-0.2, -0.15) is 0 Å². The quantitative estimate of drug-likeness (QED) is 0.737. The normalized spacial score (nSPS) is 25.1. The lowest BCUT2D eigenvalue weighted by Crippen LogP contribution is -2.42. The first kappa shape index (κ1) is 11.5. The molecule has 2 unspecified atom stereocenters. The Morgan fingerprint density at radius 3 is 2.79 bits per heavy atom. The van der Waals surface area contributed by atoms with E-state index in [4.69, 9.17) is 5.11 Å². The standard InChI is InChI=1S/C11H21NO2/c1-3-4-7-10(11(13)14)12-8-5-6-9(12)2/h9-10H,3-8H2,1-2H3,(H,13,14). The smallest absolute Gasteiger partial charge is 0.320 e. The number of aliphatic carboxylic acids is 1. The van der Waals surface area contributed by atoms with E-state index >= 15 is 0 Å². The molecule has 0 aromatic rings. The van der Waals surface area contributed by atoms with E-state index in [1.807, 2.05) is 0 Å². The lowest BCUT2D eigenvalue weighted by atomic mass is 10.1. The fraction of sp³-hybridized carbons (Fsp3) is 0.909. The molecule has 1 heterocycles. The lowest BCUT2D eigenvalue weighted by molar-refractivity contribution is -0.143. The molecule has 3 nitrogen and oxygen atoms in total. The number of rotatable bonds is 5. The van der Waals surface area contributed by atoms with Gasteiger partial charge in [-0.25, -0.2) is 0 Å². The maximum absolute atomic E-state index is 11.1. The third kappa shape index (κ3) is 2.71. The van der Waals surface area contributed by atoms with Gasteiger partial charge in [0.05, 0.1) is 0 Å². The van der Waals surface area contributed by atoms with Crippen LogP contribution in [-0.4, -0.2) is 34.6 Å². The minimum atomic E-state index is -0.646. The summed E-state index contributed by atoms with van der Waals surface area (Å²) in [5.41, 5.74) is 0. The van der Waals surface area contributed by atoms with Crippen LogP contribution in [0.15, 0.2) is 0 Å². The molecule has 1 aliphatic rings. The fourth-order valence-corrected chi connectivity index (χ4v) is 2.25. The van der Waals surface area contributed by atoms with Gasteiger partial charge >= 0.3 is 5.97 Å². The van der Waals surface area contributed by atoms with Crippen molar-refractivity contribution < 1.29 is 9.90 Å². The Hall–Kier alpha value is -0.570. The predicted octanol–water partition coefficient (Wildman–Crippen LogP) is 2.11. The summed E-state index contributed by atoms with van der Waals surface area (Å²) in [5.74, 6) is -0.646. The number of carboxylic acid groups (broad SMARTS) is 1. The molecule has 1 fully saturated rings. The topological polar surface area (TPSA) is 40.5 Å². The molecule has 1 rings (SSSR count). The van der Waals surface area contributed by atoms with Crippen molar-refractivity contribution in [1.82, 2.24) is 4.90 Å². The Morgan fingerprint density at radius 2 is 2.36 bits per heavy atom. The first-order valence-electron chi connectivity index (χ1n) is 5.65. The summed E-state index contributed by atoms with van der Waals surface area (Å²) in [6.07, 6.45) is 5.19. The van der Waals surface area contributed by atoms with Crippen LogP contribution in [0.4, 0.5) is 0 Å². The first-order chi connectivity index (χ1) is 6.66. The summed E-state index contributed by atoms with van der Waals surface area (Å²) in [6.45, 7) is 5.20. The molecule has 0 saturated carbocycles. The Kier molecular flexibility index (Phi) is 4.39. The number of carbonyl (C=O) groups is 1. The Bertz CT molecular complexity index is 194. The van der Waals surface area contributed by atoms with E-state index in [0.717, 1.165) is 38.6 Å². The highest BCUT2D eigenvalue weighted by Crippen LogP contribution is 2.22. The maximum Gasteiger partial charge on any atom is 0.320 e. The van der Waals surface area contributed by atoms with Crippen LogP contribution in [0, 0.1) is 0 Å². The zero-order chi connectivity index (χ0) is 10.6. The van der Waals surface area contributed by atoms with E-state index in [1.54, 1.807) is 0 Å². The molecule has 0 bridgehead atoms. The van der Waals surface area contributed by atoms with Gasteiger partial charge in [0.1, 0.15) is 6.04 Å². The zero-order valence-electron chi connectivity index (χ0n) is 9.20. The molecule has 0 aromatic carbocycles. The molecule has 0 radical (unpaired) electrons. The maximum atomic E-state index is 11.1. The second kappa shape index (κ2) is 5.35. The van der Waals surface area contributed by atoms with E-state index in [0.29, 0.717) is 6.04 Å². The average Bonchev–Trinajstić information content (AvgIpc) is 2.52. The van der Waals surface area contributed by atoms with Crippen molar-refractivity contribution in [3.63, 3.8) is 0 Å². The van der Waals surface area contributed by atoms with Crippen LogP contribution in [0.1, 0.15) is 46.0 Å². The summed E-state index contributed by atoms with van der Waals surface area (Å²) in [6, 6.07) is 0.209. The largest absolute Gasteiger partial charge is 0.480 e. The van der Waals surface area contributed by atoms with Crippen LogP contribution in [-0.2, 0) is 4.79 Å². The molecule has 82 valence electrons. The van der Waals surface area contributed by atoms with Gasteiger partial charge in [-0.05, 0) is 32.7 Å². The van der Waals surface area contributed by atoms with Crippen LogP contribution in [0.2, 0.25) is 0 Å². The average molecular weight is 199 g/mol. The van der Waals surface area contributed by atoms with E-state index < -0.39 is 5.97 Å². The van der Waals surface area contributed by atoms with Crippen molar-refractivity contribution in [3.05, 3.63) is 0 Å². The van der Waals surface area contributed by atoms with Gasteiger partial charge in [0.2, 0.25) is 0 Å². The Labute approximate surface area is 86.1 Å². The second-order valence-electron chi connectivity index (χ2n) is 4.23. The number of likely N-dealkylation sites (tertiary alicyclic amines) is 1. The molecule has 0 aliphatic carbocycles. The summed E-state index contributed by atoms with van der Waals surface area (Å²) in [7, 11) is 0. The van der Waals surface area contributed by atoms with E-state index in [9.17, 15) is 4.79 Å². The molecular formula is C11H21NO2. The predicted molar refractivity (Wildman–Crippen MR) is 56.4 cm³/mol. The van der Waals surface area contributed by atoms with Crippen LogP contribution in [0.25, 0.3) is 0 Å². The monoisotopic (exact) mass is 199 g/mol. The molecule has 3 heteroatoms. The van der Waals surface area contributed by atoms with Gasteiger partial charge in [-0.15, -0.1) is 0 Å². The van der Waals surface area contributed by atoms with Gasteiger partial charge in [-0.1, -0.05) is 19.8 Å². The number of unbranched alkanes of at least 4 members (excludes halogenated alkanes) is 1. The van der Waals surface area contributed by atoms with Crippen LogP contribution in [0.3, 0.4) is 0 Å². The molecule has 14 heavy (non-hydrogen) atoms. The van der Waals surface area contributed by atoms with Crippen molar-refractivity contribution >= 4 is 5.97 Å². The van der Waals surface area contributed by atoms with Crippen molar-refractivity contribution in [1.29, 1.82) is 0 Å². The summed E-state index contributed by atoms with van der Waals surface area (Å²) in [5, 5.41) is 9.14. The third-order valence-electron chi connectivity index (χ3n) is 3.12. The highest BCUT2D eigenvalue weighted by atomic mass is 16.4.